The van der Waals surface area contributed by atoms with Crippen LogP contribution in [0, 0.1) is 10.1 Å². The molecule has 0 aliphatic carbocycles. The Balaban J connectivity index is 2.96. The van der Waals surface area contributed by atoms with Crippen molar-refractivity contribution in [3.8, 4) is 0 Å². The summed E-state index contributed by atoms with van der Waals surface area (Å²) in [5, 5.41) is 13.0. The summed E-state index contributed by atoms with van der Waals surface area (Å²) in [5.74, 6) is 0. The van der Waals surface area contributed by atoms with E-state index in [9.17, 15) is 19.7 Å². The van der Waals surface area contributed by atoms with Crippen molar-refractivity contribution in [2.75, 3.05) is 0 Å². The van der Waals surface area contributed by atoms with Gasteiger partial charge in [-0.1, -0.05) is 0 Å². The topological polar surface area (TPSA) is 111 Å². The number of amides is 1. The SMILES string of the molecule is CC(C)(C)OC(=O)NC(C)(C=O)c1ccc([N+](=O)[O-])cn1. The second-order valence-corrected chi connectivity index (χ2v) is 5.61. The normalized spacial score (nSPS) is 13.9. The molecule has 0 aliphatic rings. The maximum atomic E-state index is 11.8. The molecule has 8 heteroatoms. The monoisotopic (exact) mass is 295 g/mol. The molecule has 1 unspecified atom stereocenters. The van der Waals surface area contributed by atoms with Gasteiger partial charge in [0.15, 0.2) is 6.29 Å². The van der Waals surface area contributed by atoms with Crippen LogP contribution in [-0.2, 0) is 15.1 Å². The molecular weight excluding hydrogens is 278 g/mol. The third-order valence-corrected chi connectivity index (χ3v) is 2.49. The smallest absolute Gasteiger partial charge is 0.408 e. The molecule has 1 atom stereocenters. The number of nitro groups is 1. The first kappa shape index (κ1) is 16.5. The first-order chi connectivity index (χ1) is 9.57. The molecule has 1 heterocycles. The van der Waals surface area contributed by atoms with Crippen molar-refractivity contribution >= 4 is 18.1 Å². The van der Waals surface area contributed by atoms with Crippen molar-refractivity contribution < 1.29 is 19.2 Å². The van der Waals surface area contributed by atoms with E-state index in [0.717, 1.165) is 6.20 Å². The molecule has 21 heavy (non-hydrogen) atoms. The minimum absolute atomic E-state index is 0.175. The predicted octanol–water partition coefficient (Wildman–Crippen LogP) is 1.93. The van der Waals surface area contributed by atoms with Crippen LogP contribution in [0.4, 0.5) is 10.5 Å². The van der Waals surface area contributed by atoms with E-state index < -0.39 is 22.2 Å². The Morgan fingerprint density at radius 2 is 2.00 bits per heavy atom. The maximum Gasteiger partial charge on any atom is 0.408 e. The van der Waals surface area contributed by atoms with Crippen LogP contribution in [0.5, 0.6) is 0 Å². The Morgan fingerprint density at radius 3 is 2.38 bits per heavy atom. The van der Waals surface area contributed by atoms with Gasteiger partial charge < -0.3 is 14.8 Å². The Kier molecular flexibility index (Phi) is 4.62. The van der Waals surface area contributed by atoms with E-state index >= 15 is 0 Å². The quantitative estimate of drug-likeness (QED) is 0.516. The zero-order valence-corrected chi connectivity index (χ0v) is 12.2. The molecule has 114 valence electrons. The minimum Gasteiger partial charge on any atom is -0.444 e. The van der Waals surface area contributed by atoms with Gasteiger partial charge in [-0.3, -0.25) is 15.1 Å². The number of hydrogen-bond donors (Lipinski definition) is 1. The van der Waals surface area contributed by atoms with Crippen molar-refractivity contribution in [3.05, 3.63) is 34.1 Å². The number of alkyl carbamates (subject to hydrolysis) is 1. The van der Waals surface area contributed by atoms with Gasteiger partial charge in [0, 0.05) is 6.07 Å². The molecule has 0 aliphatic heterocycles. The lowest BCUT2D eigenvalue weighted by Gasteiger charge is -2.26. The average Bonchev–Trinajstić information content (AvgIpc) is 2.36. The van der Waals surface area contributed by atoms with Crippen LogP contribution < -0.4 is 5.32 Å². The maximum absolute atomic E-state index is 11.8. The van der Waals surface area contributed by atoms with Gasteiger partial charge in [-0.25, -0.2) is 4.79 Å². The van der Waals surface area contributed by atoms with E-state index in [0.29, 0.717) is 6.29 Å². The van der Waals surface area contributed by atoms with Crippen LogP contribution in [0.1, 0.15) is 33.4 Å². The van der Waals surface area contributed by atoms with E-state index in [4.69, 9.17) is 4.74 Å². The van der Waals surface area contributed by atoms with Crippen molar-refractivity contribution in [1.29, 1.82) is 0 Å². The molecule has 0 bridgehead atoms. The van der Waals surface area contributed by atoms with E-state index in [1.165, 1.54) is 19.1 Å². The Bertz CT molecular complexity index is 550. The fraction of sp³-hybridized carbons (Fsp3) is 0.462. The second-order valence-electron chi connectivity index (χ2n) is 5.61. The zero-order chi connectivity index (χ0) is 16.3. The van der Waals surface area contributed by atoms with Crippen LogP contribution in [0.3, 0.4) is 0 Å². The van der Waals surface area contributed by atoms with E-state index in [2.05, 4.69) is 10.3 Å². The molecule has 1 amide bonds. The van der Waals surface area contributed by atoms with Crippen LogP contribution in [0.2, 0.25) is 0 Å². The number of pyridine rings is 1. The van der Waals surface area contributed by atoms with Crippen molar-refractivity contribution in [2.45, 2.75) is 38.8 Å². The molecule has 0 saturated carbocycles. The largest absolute Gasteiger partial charge is 0.444 e. The summed E-state index contributed by atoms with van der Waals surface area (Å²) in [4.78, 5) is 36.9. The number of carbonyl (C=O) groups excluding carboxylic acids is 2. The van der Waals surface area contributed by atoms with Gasteiger partial charge >= 0.3 is 6.09 Å². The number of rotatable bonds is 4. The molecule has 1 N–H and O–H groups in total. The van der Waals surface area contributed by atoms with Gasteiger partial charge in [-0.05, 0) is 33.8 Å². The number of aromatic nitrogens is 1. The zero-order valence-electron chi connectivity index (χ0n) is 12.2. The molecule has 0 aromatic carbocycles. The average molecular weight is 295 g/mol. The lowest BCUT2D eigenvalue weighted by atomic mass is 9.99. The Morgan fingerprint density at radius 1 is 1.38 bits per heavy atom. The highest BCUT2D eigenvalue weighted by atomic mass is 16.6. The molecule has 1 aromatic rings. The van der Waals surface area contributed by atoms with Gasteiger partial charge in [0.25, 0.3) is 5.69 Å². The number of hydrogen-bond acceptors (Lipinski definition) is 6. The highest BCUT2D eigenvalue weighted by Crippen LogP contribution is 2.19. The first-order valence-corrected chi connectivity index (χ1v) is 6.16. The third-order valence-electron chi connectivity index (χ3n) is 2.49. The molecule has 0 radical (unpaired) electrons. The number of nitrogens with one attached hydrogen (secondary N) is 1. The van der Waals surface area contributed by atoms with Crippen LogP contribution in [0.15, 0.2) is 18.3 Å². The van der Waals surface area contributed by atoms with Crippen LogP contribution in [0.25, 0.3) is 0 Å². The Hall–Kier alpha value is -2.51. The summed E-state index contributed by atoms with van der Waals surface area (Å²) in [6, 6.07) is 2.52. The van der Waals surface area contributed by atoms with Crippen molar-refractivity contribution in [2.24, 2.45) is 0 Å². The van der Waals surface area contributed by atoms with Crippen molar-refractivity contribution in [1.82, 2.24) is 10.3 Å². The molecule has 1 aromatic heterocycles. The lowest BCUT2D eigenvalue weighted by molar-refractivity contribution is -0.385. The van der Waals surface area contributed by atoms with Gasteiger partial charge in [0.05, 0.1) is 10.6 Å². The Labute approximate surface area is 121 Å². The van der Waals surface area contributed by atoms with Crippen LogP contribution >= 0.6 is 0 Å². The summed E-state index contributed by atoms with van der Waals surface area (Å²) in [6.45, 7) is 6.50. The van der Waals surface area contributed by atoms with E-state index in [1.807, 2.05) is 0 Å². The molecule has 8 nitrogen and oxygen atoms in total. The number of ether oxygens (including phenoxy) is 1. The molecule has 0 spiro atoms. The number of carbonyl (C=O) groups is 2. The van der Waals surface area contributed by atoms with E-state index in [1.54, 1.807) is 20.8 Å². The van der Waals surface area contributed by atoms with Gasteiger partial charge in [0.2, 0.25) is 0 Å². The van der Waals surface area contributed by atoms with Gasteiger partial charge in [0.1, 0.15) is 17.3 Å². The summed E-state index contributed by atoms with van der Waals surface area (Å²) in [6.07, 6.45) is 0.733. The second kappa shape index (κ2) is 5.86. The predicted molar refractivity (Wildman–Crippen MR) is 73.7 cm³/mol. The third kappa shape index (κ3) is 4.51. The summed E-state index contributed by atoms with van der Waals surface area (Å²) >= 11 is 0. The standard InChI is InChI=1S/C13H17N3O5/c1-12(2,3)21-11(18)15-13(4,8-17)10-6-5-9(7-14-10)16(19)20/h5-8H,1-4H3,(H,15,18). The first-order valence-electron chi connectivity index (χ1n) is 6.16. The summed E-state index contributed by atoms with van der Waals surface area (Å²) in [5.41, 5.74) is -2.17. The van der Waals surface area contributed by atoms with Gasteiger partial charge in [-0.2, -0.15) is 0 Å². The molecule has 0 saturated heterocycles. The minimum atomic E-state index is -1.43. The highest BCUT2D eigenvalue weighted by Gasteiger charge is 2.32. The fourth-order valence-electron chi connectivity index (χ4n) is 1.47. The number of nitrogens with zero attached hydrogens (tertiary/aromatic N) is 2. The lowest BCUT2D eigenvalue weighted by Crippen LogP contribution is -2.47. The molecular formula is C13H17N3O5. The van der Waals surface area contributed by atoms with Gasteiger partial charge in [-0.15, -0.1) is 0 Å². The van der Waals surface area contributed by atoms with Crippen molar-refractivity contribution in [3.63, 3.8) is 0 Å². The highest BCUT2D eigenvalue weighted by molar-refractivity contribution is 5.77. The summed E-state index contributed by atoms with van der Waals surface area (Å²) in [7, 11) is 0. The summed E-state index contributed by atoms with van der Waals surface area (Å²) < 4.78 is 5.07. The fourth-order valence-corrected chi connectivity index (χ4v) is 1.47. The molecule has 0 fully saturated rings. The van der Waals surface area contributed by atoms with Crippen LogP contribution in [-0.4, -0.2) is 27.9 Å². The number of aldehydes is 1. The molecule has 1 rings (SSSR count). The van der Waals surface area contributed by atoms with E-state index in [-0.39, 0.29) is 11.4 Å².